The summed E-state index contributed by atoms with van der Waals surface area (Å²) >= 11 is 1.42. The maximum Gasteiger partial charge on any atom is 0.123 e. The smallest absolute Gasteiger partial charge is 0.123 e. The van der Waals surface area contributed by atoms with E-state index in [0.717, 1.165) is 22.4 Å². The molecule has 0 saturated carbocycles. The summed E-state index contributed by atoms with van der Waals surface area (Å²) < 4.78 is 26.6. The van der Waals surface area contributed by atoms with Gasteiger partial charge in [0, 0.05) is 16.9 Å². The van der Waals surface area contributed by atoms with E-state index in [-0.39, 0.29) is 11.6 Å². The zero-order chi connectivity index (χ0) is 20.9. The minimum Gasteiger partial charge on any atom is -0.240 e. The number of nitrogens with zero attached hydrogens (tertiary/aromatic N) is 2. The maximum atomic E-state index is 13.4. The summed E-state index contributed by atoms with van der Waals surface area (Å²) in [7, 11) is 0. The molecular formula is C25H16F2N2S. The normalized spacial score (nSPS) is 10.6. The first-order valence-corrected chi connectivity index (χ1v) is 10.3. The highest BCUT2D eigenvalue weighted by molar-refractivity contribution is 7.98. The van der Waals surface area contributed by atoms with E-state index in [0.29, 0.717) is 21.9 Å². The van der Waals surface area contributed by atoms with Gasteiger partial charge in [0.1, 0.15) is 22.7 Å². The molecule has 0 radical (unpaired) electrons. The van der Waals surface area contributed by atoms with Crippen molar-refractivity contribution < 1.29 is 8.78 Å². The average molecular weight is 414 g/mol. The molecule has 5 heteroatoms. The van der Waals surface area contributed by atoms with E-state index in [1.165, 1.54) is 36.0 Å². The zero-order valence-corrected chi connectivity index (χ0v) is 16.7. The van der Waals surface area contributed by atoms with Gasteiger partial charge in [-0.3, -0.25) is 0 Å². The van der Waals surface area contributed by atoms with Gasteiger partial charge in [0.05, 0.1) is 11.3 Å². The lowest BCUT2D eigenvalue weighted by atomic mass is 9.99. The van der Waals surface area contributed by atoms with Crippen LogP contribution in [0.15, 0.2) is 90.0 Å². The summed E-state index contributed by atoms with van der Waals surface area (Å²) in [6.45, 7) is 0. The number of pyridine rings is 1. The zero-order valence-electron chi connectivity index (χ0n) is 15.8. The fourth-order valence-electron chi connectivity index (χ4n) is 3.08. The van der Waals surface area contributed by atoms with Gasteiger partial charge in [-0.25, -0.2) is 13.8 Å². The molecule has 0 aliphatic heterocycles. The summed E-state index contributed by atoms with van der Waals surface area (Å²) in [5.74, 6) is -0.0759. The molecule has 0 atom stereocenters. The van der Waals surface area contributed by atoms with Gasteiger partial charge in [-0.15, -0.1) is 11.8 Å². The largest absolute Gasteiger partial charge is 0.240 e. The van der Waals surface area contributed by atoms with Crippen LogP contribution >= 0.6 is 11.8 Å². The van der Waals surface area contributed by atoms with E-state index in [1.807, 2.05) is 36.4 Å². The van der Waals surface area contributed by atoms with Crippen LogP contribution in [0.4, 0.5) is 8.78 Å². The molecule has 0 aliphatic carbocycles. The Kier molecular flexibility index (Phi) is 5.87. The molecule has 146 valence electrons. The predicted octanol–water partition coefficient (Wildman–Crippen LogP) is 6.86. The van der Waals surface area contributed by atoms with Crippen LogP contribution in [0, 0.1) is 23.0 Å². The topological polar surface area (TPSA) is 36.7 Å². The molecule has 0 N–H and O–H groups in total. The van der Waals surface area contributed by atoms with Crippen molar-refractivity contribution in [2.75, 3.05) is 0 Å². The predicted molar refractivity (Wildman–Crippen MR) is 116 cm³/mol. The molecule has 30 heavy (non-hydrogen) atoms. The second-order valence-corrected chi connectivity index (χ2v) is 7.60. The molecule has 0 spiro atoms. The van der Waals surface area contributed by atoms with Crippen molar-refractivity contribution in [2.24, 2.45) is 0 Å². The Bertz CT molecular complexity index is 1200. The van der Waals surface area contributed by atoms with Crippen molar-refractivity contribution in [3.63, 3.8) is 0 Å². The first-order valence-electron chi connectivity index (χ1n) is 9.28. The molecule has 0 bridgehead atoms. The lowest BCUT2D eigenvalue weighted by molar-refractivity contribution is 0.627. The Morgan fingerprint density at radius 2 is 1.43 bits per heavy atom. The minimum atomic E-state index is -0.333. The molecule has 1 aromatic heterocycles. The van der Waals surface area contributed by atoms with Gasteiger partial charge in [0.15, 0.2) is 0 Å². The number of halogens is 2. The minimum absolute atomic E-state index is 0.288. The monoisotopic (exact) mass is 414 g/mol. The Morgan fingerprint density at radius 3 is 2.07 bits per heavy atom. The summed E-state index contributed by atoms with van der Waals surface area (Å²) in [6.07, 6.45) is 0. The lowest BCUT2D eigenvalue weighted by Crippen LogP contribution is -1.96. The van der Waals surface area contributed by atoms with Crippen molar-refractivity contribution in [2.45, 2.75) is 10.8 Å². The van der Waals surface area contributed by atoms with E-state index < -0.39 is 0 Å². The molecule has 0 saturated heterocycles. The molecule has 0 amide bonds. The number of benzene rings is 3. The van der Waals surface area contributed by atoms with E-state index in [4.69, 9.17) is 4.98 Å². The van der Waals surface area contributed by atoms with Crippen LogP contribution in [-0.4, -0.2) is 4.98 Å². The Labute approximate surface area is 177 Å². The molecule has 4 aromatic rings. The molecule has 4 rings (SSSR count). The highest BCUT2D eigenvalue weighted by atomic mass is 32.2. The third kappa shape index (κ3) is 4.40. The van der Waals surface area contributed by atoms with E-state index in [9.17, 15) is 14.0 Å². The molecule has 1 heterocycles. The molecule has 2 nitrogen and oxygen atoms in total. The molecule has 0 unspecified atom stereocenters. The van der Waals surface area contributed by atoms with Gasteiger partial charge < -0.3 is 0 Å². The number of thioether (sulfide) groups is 1. The van der Waals surface area contributed by atoms with E-state index >= 15 is 0 Å². The standard InChI is InChI=1S/C25H16F2N2S/c26-20-10-6-17(7-11-20)16-30-25-23(15-28)22(18-8-12-21(27)13-9-18)14-24(29-25)19-4-2-1-3-5-19/h1-14H,16H2. The van der Waals surface area contributed by atoms with Gasteiger partial charge in [-0.1, -0.05) is 54.6 Å². The molecule has 0 aliphatic rings. The first-order chi connectivity index (χ1) is 14.6. The number of hydrogen-bond donors (Lipinski definition) is 0. The quantitative estimate of drug-likeness (QED) is 0.335. The van der Waals surface area contributed by atoms with Crippen LogP contribution in [0.1, 0.15) is 11.1 Å². The maximum absolute atomic E-state index is 13.4. The highest BCUT2D eigenvalue weighted by Crippen LogP contribution is 2.35. The van der Waals surface area contributed by atoms with Gasteiger partial charge in [-0.2, -0.15) is 5.26 Å². The molecule has 0 fully saturated rings. The fourth-order valence-corrected chi connectivity index (χ4v) is 4.04. The second kappa shape index (κ2) is 8.89. The highest BCUT2D eigenvalue weighted by Gasteiger charge is 2.16. The van der Waals surface area contributed by atoms with Gasteiger partial charge >= 0.3 is 0 Å². The van der Waals surface area contributed by atoms with Crippen LogP contribution in [0.2, 0.25) is 0 Å². The van der Waals surface area contributed by atoms with E-state index in [2.05, 4.69) is 6.07 Å². The average Bonchev–Trinajstić information content (AvgIpc) is 2.79. The van der Waals surface area contributed by atoms with Crippen molar-refractivity contribution >= 4 is 11.8 Å². The Balaban J connectivity index is 1.80. The summed E-state index contributed by atoms with van der Waals surface area (Å²) in [5.41, 5.74) is 4.47. The SMILES string of the molecule is N#Cc1c(-c2ccc(F)cc2)cc(-c2ccccc2)nc1SCc1ccc(F)cc1. The van der Waals surface area contributed by atoms with Crippen molar-refractivity contribution in [3.05, 3.63) is 108 Å². The fraction of sp³-hybridized carbons (Fsp3) is 0.0400. The van der Waals surface area contributed by atoms with Gasteiger partial charge in [0.25, 0.3) is 0 Å². The van der Waals surface area contributed by atoms with Crippen LogP contribution in [-0.2, 0) is 5.75 Å². The first kappa shape index (κ1) is 19.8. The Morgan fingerprint density at radius 1 is 0.800 bits per heavy atom. The van der Waals surface area contributed by atoms with Crippen LogP contribution in [0.5, 0.6) is 0 Å². The van der Waals surface area contributed by atoms with Crippen LogP contribution < -0.4 is 0 Å². The van der Waals surface area contributed by atoms with Crippen molar-refractivity contribution in [3.8, 4) is 28.5 Å². The van der Waals surface area contributed by atoms with Crippen LogP contribution in [0.25, 0.3) is 22.4 Å². The second-order valence-electron chi connectivity index (χ2n) is 6.64. The number of rotatable bonds is 5. The van der Waals surface area contributed by atoms with Gasteiger partial charge in [0.2, 0.25) is 0 Å². The summed E-state index contributed by atoms with van der Waals surface area (Å²) in [4.78, 5) is 4.74. The van der Waals surface area contributed by atoms with Crippen LogP contribution in [0.3, 0.4) is 0 Å². The Hall–Kier alpha value is -3.49. The van der Waals surface area contributed by atoms with Crippen molar-refractivity contribution in [1.82, 2.24) is 4.98 Å². The number of nitriles is 1. The summed E-state index contributed by atoms with van der Waals surface area (Å²) in [5, 5.41) is 10.5. The molecular weight excluding hydrogens is 398 g/mol. The number of aromatic nitrogens is 1. The van der Waals surface area contributed by atoms with E-state index in [1.54, 1.807) is 24.3 Å². The van der Waals surface area contributed by atoms with Gasteiger partial charge in [-0.05, 0) is 41.5 Å². The lowest BCUT2D eigenvalue weighted by Gasteiger charge is -2.13. The van der Waals surface area contributed by atoms with Crippen molar-refractivity contribution in [1.29, 1.82) is 5.26 Å². The molecule has 3 aromatic carbocycles. The number of hydrogen-bond acceptors (Lipinski definition) is 3. The third-order valence-electron chi connectivity index (χ3n) is 4.61. The third-order valence-corrected chi connectivity index (χ3v) is 5.66. The summed E-state index contributed by atoms with van der Waals surface area (Å²) in [6, 6.07) is 26.2.